The van der Waals surface area contributed by atoms with Crippen LogP contribution in [0.4, 0.5) is 5.69 Å². The number of benzene rings is 2. The fraction of sp³-hybridized carbons (Fsp3) is 0.240. The average molecular weight is 481 g/mol. The molecular formula is C25H25ClN4O2S. The zero-order valence-corrected chi connectivity index (χ0v) is 20.2. The maximum absolute atomic E-state index is 13.5. The molecule has 2 aliphatic rings. The van der Waals surface area contributed by atoms with Crippen LogP contribution in [0.2, 0.25) is 5.02 Å². The standard InChI is InChI=1S/C25H25ClN4O2S/c1-15(2)27-21(31)13-18-14-33-25-28-16(3)22(24(32)29-17-9-5-4-6-10-17)23(30(18)25)19-11-7-8-12-20(19)26/h4-12,14-15,23H,13H2,1-3H3,(H,27,31)(H,29,32)/t23-/m0/s1. The van der Waals surface area contributed by atoms with Gasteiger partial charge < -0.3 is 15.5 Å². The van der Waals surface area contributed by atoms with Crippen molar-refractivity contribution in [2.75, 3.05) is 5.32 Å². The van der Waals surface area contributed by atoms with Crippen LogP contribution in [0, 0.1) is 0 Å². The summed E-state index contributed by atoms with van der Waals surface area (Å²) >= 11 is 8.07. The van der Waals surface area contributed by atoms with Crippen molar-refractivity contribution in [3.05, 3.63) is 87.6 Å². The summed E-state index contributed by atoms with van der Waals surface area (Å²) in [6, 6.07) is 16.3. The summed E-state index contributed by atoms with van der Waals surface area (Å²) in [5.74, 6) is -0.341. The Morgan fingerprint density at radius 2 is 1.82 bits per heavy atom. The Balaban J connectivity index is 1.75. The fourth-order valence-electron chi connectivity index (χ4n) is 3.91. The third kappa shape index (κ3) is 4.99. The number of allylic oxidation sites excluding steroid dienone is 1. The van der Waals surface area contributed by atoms with Crippen molar-refractivity contribution in [2.45, 2.75) is 39.3 Å². The third-order valence-electron chi connectivity index (χ3n) is 5.27. The molecule has 6 nitrogen and oxygen atoms in total. The Morgan fingerprint density at radius 3 is 2.52 bits per heavy atom. The molecule has 33 heavy (non-hydrogen) atoms. The summed E-state index contributed by atoms with van der Waals surface area (Å²) in [7, 11) is 0. The lowest BCUT2D eigenvalue weighted by atomic mass is 9.93. The Labute approximate surface area is 202 Å². The molecule has 4 rings (SSSR count). The third-order valence-corrected chi connectivity index (χ3v) is 6.50. The summed E-state index contributed by atoms with van der Waals surface area (Å²) in [4.78, 5) is 32.8. The second-order valence-corrected chi connectivity index (χ2v) is 9.38. The van der Waals surface area contributed by atoms with Gasteiger partial charge in [0.15, 0.2) is 5.17 Å². The van der Waals surface area contributed by atoms with Gasteiger partial charge in [0.2, 0.25) is 5.91 Å². The lowest BCUT2D eigenvalue weighted by Crippen LogP contribution is -2.39. The van der Waals surface area contributed by atoms with Gasteiger partial charge in [-0.15, -0.1) is 0 Å². The van der Waals surface area contributed by atoms with Crippen molar-refractivity contribution in [1.29, 1.82) is 0 Å². The van der Waals surface area contributed by atoms with Crippen LogP contribution in [-0.2, 0) is 9.59 Å². The van der Waals surface area contributed by atoms with E-state index in [0.29, 0.717) is 22.0 Å². The van der Waals surface area contributed by atoms with E-state index in [-0.39, 0.29) is 24.3 Å². The van der Waals surface area contributed by atoms with Crippen LogP contribution in [0.3, 0.4) is 0 Å². The lowest BCUT2D eigenvalue weighted by molar-refractivity contribution is -0.121. The van der Waals surface area contributed by atoms with Crippen LogP contribution in [0.1, 0.15) is 38.8 Å². The summed E-state index contributed by atoms with van der Waals surface area (Å²) in [6.45, 7) is 5.68. The van der Waals surface area contributed by atoms with Crippen LogP contribution < -0.4 is 10.6 Å². The maximum Gasteiger partial charge on any atom is 0.255 e. The molecule has 0 saturated heterocycles. The Hall–Kier alpha value is -3.03. The van der Waals surface area contributed by atoms with Gasteiger partial charge in [0.05, 0.1) is 23.7 Å². The number of hydrogen-bond donors (Lipinski definition) is 2. The van der Waals surface area contributed by atoms with E-state index in [4.69, 9.17) is 16.6 Å². The minimum absolute atomic E-state index is 0.0374. The molecule has 0 spiro atoms. The minimum Gasteiger partial charge on any atom is -0.354 e. The highest BCUT2D eigenvalue weighted by Gasteiger charge is 2.41. The number of amidine groups is 1. The zero-order chi connectivity index (χ0) is 23.5. The van der Waals surface area contributed by atoms with E-state index < -0.39 is 6.04 Å². The van der Waals surface area contributed by atoms with Gasteiger partial charge >= 0.3 is 0 Å². The molecule has 0 aromatic heterocycles. The van der Waals surface area contributed by atoms with Crippen molar-refractivity contribution in [2.24, 2.45) is 4.99 Å². The number of nitrogens with one attached hydrogen (secondary N) is 2. The van der Waals surface area contributed by atoms with Crippen molar-refractivity contribution in [3.63, 3.8) is 0 Å². The molecule has 2 heterocycles. The number of hydrogen-bond acceptors (Lipinski definition) is 5. The number of anilines is 1. The van der Waals surface area contributed by atoms with Crippen LogP contribution in [0.5, 0.6) is 0 Å². The van der Waals surface area contributed by atoms with Crippen LogP contribution in [0.15, 0.2) is 82.0 Å². The molecule has 0 unspecified atom stereocenters. The van der Waals surface area contributed by atoms with Crippen molar-refractivity contribution in [1.82, 2.24) is 10.2 Å². The minimum atomic E-state index is -0.511. The second kappa shape index (κ2) is 9.85. The number of carbonyl (C=O) groups is 2. The topological polar surface area (TPSA) is 73.8 Å². The fourth-order valence-corrected chi connectivity index (χ4v) is 5.11. The molecule has 0 aliphatic carbocycles. The first kappa shape index (κ1) is 23.1. The van der Waals surface area contributed by atoms with Crippen LogP contribution >= 0.6 is 23.4 Å². The number of nitrogens with zero attached hydrogens (tertiary/aromatic N) is 2. The van der Waals surface area contributed by atoms with Gasteiger partial charge in [-0.2, -0.15) is 0 Å². The molecule has 0 bridgehead atoms. The smallest absolute Gasteiger partial charge is 0.255 e. The number of halogens is 1. The molecule has 2 N–H and O–H groups in total. The predicted octanol–water partition coefficient (Wildman–Crippen LogP) is 5.47. The molecule has 0 fully saturated rings. The van der Waals surface area contributed by atoms with Gasteiger partial charge in [0.1, 0.15) is 0 Å². The van der Waals surface area contributed by atoms with Crippen molar-refractivity contribution in [3.8, 4) is 0 Å². The summed E-state index contributed by atoms with van der Waals surface area (Å²) in [5, 5.41) is 9.11. The van der Waals surface area contributed by atoms with E-state index in [2.05, 4.69) is 10.6 Å². The number of para-hydroxylation sites is 1. The quantitative estimate of drug-likeness (QED) is 0.575. The lowest BCUT2D eigenvalue weighted by Gasteiger charge is -2.37. The van der Waals surface area contributed by atoms with E-state index in [0.717, 1.165) is 16.4 Å². The molecule has 170 valence electrons. The van der Waals surface area contributed by atoms with Gasteiger partial charge in [-0.05, 0) is 49.9 Å². The summed E-state index contributed by atoms with van der Waals surface area (Å²) in [6.07, 6.45) is 0.178. The first-order chi connectivity index (χ1) is 15.8. The number of amides is 2. The Kier molecular flexibility index (Phi) is 6.91. The van der Waals surface area contributed by atoms with Gasteiger partial charge in [-0.1, -0.05) is 59.8 Å². The number of carbonyl (C=O) groups excluding carboxylic acids is 2. The molecular weight excluding hydrogens is 456 g/mol. The zero-order valence-electron chi connectivity index (χ0n) is 18.6. The van der Waals surface area contributed by atoms with Gasteiger partial charge in [0.25, 0.3) is 5.91 Å². The van der Waals surface area contributed by atoms with Crippen LogP contribution in [-0.4, -0.2) is 27.9 Å². The number of fused-ring (bicyclic) bond motifs is 1. The second-order valence-electron chi connectivity index (χ2n) is 8.13. The maximum atomic E-state index is 13.5. The SMILES string of the molecule is CC1=C(C(=O)Nc2ccccc2)[C@H](c2ccccc2Cl)N2C(CC(=O)NC(C)C)=CSC2=N1. The summed E-state index contributed by atoms with van der Waals surface area (Å²) in [5.41, 5.74) is 3.36. The van der Waals surface area contributed by atoms with E-state index in [1.165, 1.54) is 11.8 Å². The van der Waals surface area contributed by atoms with Crippen molar-refractivity contribution >= 4 is 46.0 Å². The normalized spacial score (nSPS) is 17.5. The molecule has 2 aromatic rings. The first-order valence-electron chi connectivity index (χ1n) is 10.7. The largest absolute Gasteiger partial charge is 0.354 e. The van der Waals surface area contributed by atoms with Gasteiger partial charge in [-0.3, -0.25) is 9.59 Å². The number of rotatable bonds is 6. The van der Waals surface area contributed by atoms with Crippen molar-refractivity contribution < 1.29 is 9.59 Å². The molecule has 8 heteroatoms. The first-order valence-corrected chi connectivity index (χ1v) is 12.0. The van der Waals surface area contributed by atoms with E-state index in [1.807, 2.05) is 85.7 Å². The van der Waals surface area contributed by atoms with Gasteiger partial charge in [0, 0.05) is 22.4 Å². The molecule has 2 aromatic carbocycles. The van der Waals surface area contributed by atoms with E-state index >= 15 is 0 Å². The highest BCUT2D eigenvalue weighted by molar-refractivity contribution is 8.16. The summed E-state index contributed by atoms with van der Waals surface area (Å²) < 4.78 is 0. The van der Waals surface area contributed by atoms with E-state index in [9.17, 15) is 9.59 Å². The average Bonchev–Trinajstić information content (AvgIpc) is 3.15. The Bertz CT molecular complexity index is 1170. The highest BCUT2D eigenvalue weighted by atomic mass is 35.5. The van der Waals surface area contributed by atoms with Gasteiger partial charge in [-0.25, -0.2) is 4.99 Å². The molecule has 1 atom stereocenters. The monoisotopic (exact) mass is 480 g/mol. The van der Waals surface area contributed by atoms with E-state index in [1.54, 1.807) is 0 Å². The van der Waals surface area contributed by atoms with Crippen LogP contribution in [0.25, 0.3) is 0 Å². The number of thioether (sulfide) groups is 1. The Morgan fingerprint density at radius 1 is 1.12 bits per heavy atom. The molecule has 2 aliphatic heterocycles. The predicted molar refractivity (Wildman–Crippen MR) is 135 cm³/mol. The molecule has 0 radical (unpaired) electrons. The molecule has 2 amide bonds. The molecule has 0 saturated carbocycles. The highest BCUT2D eigenvalue weighted by Crippen LogP contribution is 2.46. The number of aliphatic imine (C=N–C) groups is 1.